The number of piperidine rings is 1. The number of nitrogens with zero attached hydrogens (tertiary/aromatic N) is 2. The lowest BCUT2D eigenvalue weighted by atomic mass is 9.98. The number of hydrogen-bond donors (Lipinski definition) is 1. The highest BCUT2D eigenvalue weighted by Gasteiger charge is 2.17. The molecular weight excluding hydrogens is 358 g/mol. The molecule has 4 rings (SSSR count). The average Bonchev–Trinajstić information content (AvgIpc) is 2.69. The predicted octanol–water partition coefficient (Wildman–Crippen LogP) is 4.49. The molecule has 2 aromatic carbocycles. The normalized spacial score (nSPS) is 16.0. The molecule has 0 saturated carbocycles. The summed E-state index contributed by atoms with van der Waals surface area (Å²) in [6.45, 7) is 2.99. The third-order valence-electron chi connectivity index (χ3n) is 5.31. The number of benzene rings is 2. The summed E-state index contributed by atoms with van der Waals surface area (Å²) in [6.07, 6.45) is 5.90. The first-order valence-corrected chi connectivity index (χ1v) is 9.70. The zero-order valence-electron chi connectivity index (χ0n) is 15.5. The van der Waals surface area contributed by atoms with Crippen molar-refractivity contribution in [2.45, 2.75) is 25.4 Å². The summed E-state index contributed by atoms with van der Waals surface area (Å²) in [5, 5.41) is 2.90. The van der Waals surface area contributed by atoms with Gasteiger partial charge in [-0.25, -0.2) is 0 Å². The van der Waals surface area contributed by atoms with Crippen LogP contribution in [0.3, 0.4) is 0 Å². The summed E-state index contributed by atoms with van der Waals surface area (Å²) in [5.74, 6) is 0.861. The fraction of sp³-hybridized carbons (Fsp3) is 0.318. The molecule has 0 aliphatic carbocycles. The Morgan fingerprint density at radius 2 is 1.85 bits per heavy atom. The number of halogens is 1. The number of fused-ring (bicyclic) bond motifs is 1. The van der Waals surface area contributed by atoms with Gasteiger partial charge in [0.25, 0.3) is 0 Å². The fourth-order valence-electron chi connectivity index (χ4n) is 3.78. The van der Waals surface area contributed by atoms with E-state index in [9.17, 15) is 0 Å². The molecule has 0 atom stereocenters. The Hall–Kier alpha value is -2.14. The first kappa shape index (κ1) is 18.2. The Morgan fingerprint density at radius 3 is 2.56 bits per heavy atom. The zero-order valence-corrected chi connectivity index (χ0v) is 16.2. The molecule has 140 valence electrons. The number of likely N-dealkylation sites (tertiary alicyclic amines) is 1. The third-order valence-corrected chi connectivity index (χ3v) is 5.56. The first-order valence-electron chi connectivity index (χ1n) is 9.32. The molecule has 1 aliphatic heterocycles. The minimum atomic E-state index is 0.343. The molecule has 0 spiro atoms. The van der Waals surface area contributed by atoms with Crippen molar-refractivity contribution in [3.05, 3.63) is 59.4 Å². The first-order chi connectivity index (χ1) is 13.1. The van der Waals surface area contributed by atoms with E-state index in [1.165, 1.54) is 5.56 Å². The van der Waals surface area contributed by atoms with Gasteiger partial charge in [0.05, 0.1) is 7.11 Å². The van der Waals surface area contributed by atoms with Crippen LogP contribution in [0, 0.1) is 0 Å². The van der Waals surface area contributed by atoms with E-state index in [4.69, 9.17) is 22.1 Å². The number of methoxy groups -OCH3 is 1. The lowest BCUT2D eigenvalue weighted by Gasteiger charge is -2.30. The Morgan fingerprint density at radius 1 is 1.11 bits per heavy atom. The molecule has 3 aromatic rings. The van der Waals surface area contributed by atoms with Gasteiger partial charge in [0.15, 0.2) is 0 Å². The van der Waals surface area contributed by atoms with Gasteiger partial charge < -0.3 is 10.5 Å². The van der Waals surface area contributed by atoms with Gasteiger partial charge in [-0.2, -0.15) is 0 Å². The molecule has 5 heteroatoms. The van der Waals surface area contributed by atoms with Gasteiger partial charge in [0.1, 0.15) is 5.75 Å². The van der Waals surface area contributed by atoms with Gasteiger partial charge in [-0.15, -0.1) is 0 Å². The van der Waals surface area contributed by atoms with E-state index in [0.29, 0.717) is 6.04 Å². The zero-order chi connectivity index (χ0) is 18.8. The van der Waals surface area contributed by atoms with E-state index in [1.54, 1.807) is 7.11 Å². The molecule has 0 unspecified atom stereocenters. The summed E-state index contributed by atoms with van der Waals surface area (Å²) in [6, 6.07) is 12.6. The van der Waals surface area contributed by atoms with Crippen molar-refractivity contribution >= 4 is 22.4 Å². The molecule has 0 radical (unpaired) electrons. The lowest BCUT2D eigenvalue weighted by molar-refractivity contribution is 0.205. The van der Waals surface area contributed by atoms with E-state index in [2.05, 4.69) is 22.0 Å². The molecule has 1 fully saturated rings. The minimum absolute atomic E-state index is 0.343. The monoisotopic (exact) mass is 381 g/mol. The highest BCUT2D eigenvalue weighted by molar-refractivity contribution is 6.30. The number of ether oxygens (including phenoxy) is 1. The molecule has 0 bridgehead atoms. The van der Waals surface area contributed by atoms with Gasteiger partial charge in [-0.3, -0.25) is 9.88 Å². The average molecular weight is 382 g/mol. The van der Waals surface area contributed by atoms with Crippen LogP contribution < -0.4 is 10.5 Å². The molecular formula is C22H24ClN3O. The number of hydrogen-bond acceptors (Lipinski definition) is 4. The van der Waals surface area contributed by atoms with Crippen molar-refractivity contribution in [1.29, 1.82) is 0 Å². The number of aromatic nitrogens is 1. The fourth-order valence-corrected chi connectivity index (χ4v) is 3.91. The maximum Gasteiger partial charge on any atom is 0.128 e. The smallest absolute Gasteiger partial charge is 0.128 e. The van der Waals surface area contributed by atoms with E-state index < -0.39 is 0 Å². The van der Waals surface area contributed by atoms with E-state index in [0.717, 1.165) is 65.1 Å². The minimum Gasteiger partial charge on any atom is -0.496 e. The Labute approximate surface area is 164 Å². The summed E-state index contributed by atoms with van der Waals surface area (Å²) < 4.78 is 5.68. The van der Waals surface area contributed by atoms with Crippen LogP contribution in [0.2, 0.25) is 5.02 Å². The molecule has 2 heterocycles. The molecule has 2 N–H and O–H groups in total. The van der Waals surface area contributed by atoms with Crippen molar-refractivity contribution in [3.63, 3.8) is 0 Å². The second-order valence-corrected chi connectivity index (χ2v) is 7.64. The van der Waals surface area contributed by atoms with Crippen molar-refractivity contribution in [1.82, 2.24) is 9.88 Å². The van der Waals surface area contributed by atoms with Gasteiger partial charge in [-0.1, -0.05) is 23.7 Å². The summed E-state index contributed by atoms with van der Waals surface area (Å²) in [4.78, 5) is 6.90. The maximum atomic E-state index is 6.06. The summed E-state index contributed by atoms with van der Waals surface area (Å²) >= 11 is 6.06. The molecule has 4 nitrogen and oxygen atoms in total. The molecule has 27 heavy (non-hydrogen) atoms. The third kappa shape index (κ3) is 3.93. The predicted molar refractivity (Wildman–Crippen MR) is 111 cm³/mol. The SMILES string of the molecule is COc1cc(CN2CCC(N)CC2)cc2c(-c3ccc(Cl)cc3)cncc12. The van der Waals surface area contributed by atoms with E-state index in [-0.39, 0.29) is 0 Å². The van der Waals surface area contributed by atoms with Gasteiger partial charge in [0, 0.05) is 41.0 Å². The van der Waals surface area contributed by atoms with E-state index in [1.807, 2.05) is 36.7 Å². The van der Waals surface area contributed by atoms with Crippen LogP contribution in [0.15, 0.2) is 48.8 Å². The largest absolute Gasteiger partial charge is 0.496 e. The van der Waals surface area contributed by atoms with Crippen LogP contribution in [0.1, 0.15) is 18.4 Å². The number of nitrogens with two attached hydrogens (primary N) is 1. The van der Waals surface area contributed by atoms with E-state index >= 15 is 0 Å². The van der Waals surface area contributed by atoms with Gasteiger partial charge in [0.2, 0.25) is 0 Å². The molecule has 1 aromatic heterocycles. The second-order valence-electron chi connectivity index (χ2n) is 7.20. The van der Waals surface area contributed by atoms with Crippen LogP contribution in [-0.2, 0) is 6.54 Å². The van der Waals surface area contributed by atoms with Crippen molar-refractivity contribution in [2.24, 2.45) is 5.73 Å². The van der Waals surface area contributed by atoms with Crippen LogP contribution in [0.4, 0.5) is 0 Å². The Balaban J connectivity index is 1.75. The van der Waals surface area contributed by atoms with Crippen molar-refractivity contribution in [2.75, 3.05) is 20.2 Å². The second kappa shape index (κ2) is 7.85. The van der Waals surface area contributed by atoms with Crippen LogP contribution >= 0.6 is 11.6 Å². The molecule has 1 aliphatic rings. The number of pyridine rings is 1. The van der Waals surface area contributed by atoms with Crippen LogP contribution in [0.5, 0.6) is 5.75 Å². The highest BCUT2D eigenvalue weighted by Crippen LogP contribution is 2.35. The summed E-state index contributed by atoms with van der Waals surface area (Å²) in [5.41, 5.74) is 9.47. The Kier molecular flexibility index (Phi) is 5.30. The van der Waals surface area contributed by atoms with Crippen molar-refractivity contribution < 1.29 is 4.74 Å². The Bertz CT molecular complexity index is 934. The lowest BCUT2D eigenvalue weighted by Crippen LogP contribution is -2.39. The van der Waals surface area contributed by atoms with Crippen LogP contribution in [0.25, 0.3) is 21.9 Å². The topological polar surface area (TPSA) is 51.4 Å². The van der Waals surface area contributed by atoms with Crippen molar-refractivity contribution in [3.8, 4) is 16.9 Å². The molecule has 1 saturated heterocycles. The van der Waals surface area contributed by atoms with Crippen LogP contribution in [-0.4, -0.2) is 36.1 Å². The summed E-state index contributed by atoms with van der Waals surface area (Å²) in [7, 11) is 1.72. The van der Waals surface area contributed by atoms with Gasteiger partial charge >= 0.3 is 0 Å². The maximum absolute atomic E-state index is 6.06. The standard InChI is InChI=1S/C22H24ClN3O/c1-27-22-11-15(14-26-8-6-18(24)7-9-26)10-19-20(12-25-13-21(19)22)16-2-4-17(23)5-3-16/h2-5,10-13,18H,6-9,14,24H2,1H3. The quantitative estimate of drug-likeness (QED) is 0.723. The molecule has 0 amide bonds. The van der Waals surface area contributed by atoms with Gasteiger partial charge in [-0.05, 0) is 66.7 Å². The highest BCUT2D eigenvalue weighted by atomic mass is 35.5. The number of rotatable bonds is 4.